The van der Waals surface area contributed by atoms with Crippen LogP contribution in [0, 0.1) is 0 Å². The first-order valence-electron chi connectivity index (χ1n) is 9.25. The Kier molecular flexibility index (Phi) is 6.95. The van der Waals surface area contributed by atoms with Gasteiger partial charge < -0.3 is 31.1 Å². The van der Waals surface area contributed by atoms with E-state index in [2.05, 4.69) is 5.32 Å². The van der Waals surface area contributed by atoms with E-state index in [0.717, 1.165) is 0 Å². The number of likely N-dealkylation sites (tertiary alicyclic amines) is 2. The first-order chi connectivity index (χ1) is 13.1. The van der Waals surface area contributed by atoms with Gasteiger partial charge in [0.1, 0.15) is 18.1 Å². The summed E-state index contributed by atoms with van der Waals surface area (Å²) in [5.41, 5.74) is 5.49. The summed E-state index contributed by atoms with van der Waals surface area (Å²) in [6, 6.07) is -3.92. The molecule has 2 heterocycles. The minimum atomic E-state index is -1.29. The van der Waals surface area contributed by atoms with Gasteiger partial charge >= 0.3 is 11.9 Å². The standard InChI is InChI=1S/C17H26N4O7/c1-9(19-14(24)10(18)8-13(22)23)15(25)20-6-2-4-11(20)16(26)21-7-3-5-12(21)17(27)28/h9-12H,2-8,18H2,1H3,(H,19,24)(H,22,23)(H,27,28). The van der Waals surface area contributed by atoms with Crippen LogP contribution in [0.25, 0.3) is 0 Å². The van der Waals surface area contributed by atoms with Gasteiger partial charge in [-0.3, -0.25) is 19.2 Å². The Morgan fingerprint density at radius 2 is 1.61 bits per heavy atom. The molecular weight excluding hydrogens is 372 g/mol. The third-order valence-electron chi connectivity index (χ3n) is 5.10. The Labute approximate surface area is 161 Å². The number of carboxylic acid groups (broad SMARTS) is 2. The maximum absolute atomic E-state index is 12.8. The zero-order valence-corrected chi connectivity index (χ0v) is 15.7. The van der Waals surface area contributed by atoms with Crippen molar-refractivity contribution in [2.75, 3.05) is 13.1 Å². The number of aliphatic carboxylic acids is 2. The fourth-order valence-corrected chi connectivity index (χ4v) is 3.68. The Morgan fingerprint density at radius 3 is 2.18 bits per heavy atom. The molecular formula is C17H26N4O7. The third kappa shape index (κ3) is 4.77. The zero-order valence-electron chi connectivity index (χ0n) is 15.7. The molecule has 28 heavy (non-hydrogen) atoms. The lowest BCUT2D eigenvalue weighted by Crippen LogP contribution is -2.56. The number of rotatable bonds is 7. The quantitative estimate of drug-likeness (QED) is 0.395. The summed E-state index contributed by atoms with van der Waals surface area (Å²) in [6.07, 6.45) is 1.43. The predicted octanol–water partition coefficient (Wildman–Crippen LogP) is -1.64. The Morgan fingerprint density at radius 1 is 1.04 bits per heavy atom. The van der Waals surface area contributed by atoms with Gasteiger partial charge in [0, 0.05) is 13.1 Å². The topological polar surface area (TPSA) is 170 Å². The number of nitrogens with zero attached hydrogens (tertiary/aromatic N) is 2. The lowest BCUT2D eigenvalue weighted by Gasteiger charge is -2.31. The van der Waals surface area contributed by atoms with E-state index < -0.39 is 60.2 Å². The molecule has 11 nitrogen and oxygen atoms in total. The highest BCUT2D eigenvalue weighted by atomic mass is 16.4. The van der Waals surface area contributed by atoms with Crippen LogP contribution in [-0.2, 0) is 24.0 Å². The van der Waals surface area contributed by atoms with Crippen LogP contribution in [0.15, 0.2) is 0 Å². The molecule has 0 aromatic carbocycles. The number of hydrogen-bond acceptors (Lipinski definition) is 6. The molecule has 4 atom stereocenters. The molecule has 0 radical (unpaired) electrons. The summed E-state index contributed by atoms with van der Waals surface area (Å²) in [5.74, 6) is -3.94. The fourth-order valence-electron chi connectivity index (χ4n) is 3.68. The van der Waals surface area contributed by atoms with Gasteiger partial charge in [0.2, 0.25) is 17.7 Å². The minimum absolute atomic E-state index is 0.322. The molecule has 0 aromatic heterocycles. The second-order valence-corrected chi connectivity index (χ2v) is 7.15. The summed E-state index contributed by atoms with van der Waals surface area (Å²) in [7, 11) is 0. The van der Waals surface area contributed by atoms with E-state index >= 15 is 0 Å². The van der Waals surface area contributed by atoms with Crippen molar-refractivity contribution in [2.45, 2.75) is 63.2 Å². The molecule has 2 saturated heterocycles. The fraction of sp³-hybridized carbons (Fsp3) is 0.706. The Hall–Kier alpha value is -2.69. The van der Waals surface area contributed by atoms with E-state index in [-0.39, 0.29) is 0 Å². The monoisotopic (exact) mass is 398 g/mol. The Balaban J connectivity index is 2.01. The molecule has 2 fully saturated rings. The van der Waals surface area contributed by atoms with Crippen LogP contribution in [-0.4, -0.2) is 86.9 Å². The molecule has 2 aliphatic rings. The van der Waals surface area contributed by atoms with E-state index in [4.69, 9.17) is 10.8 Å². The molecule has 11 heteroatoms. The Bertz CT molecular complexity index is 668. The van der Waals surface area contributed by atoms with Crippen molar-refractivity contribution in [1.29, 1.82) is 0 Å². The van der Waals surface area contributed by atoms with Crippen LogP contribution >= 0.6 is 0 Å². The predicted molar refractivity (Wildman–Crippen MR) is 94.9 cm³/mol. The van der Waals surface area contributed by atoms with Gasteiger partial charge in [-0.1, -0.05) is 0 Å². The van der Waals surface area contributed by atoms with Crippen molar-refractivity contribution in [1.82, 2.24) is 15.1 Å². The normalized spacial score (nSPS) is 23.9. The number of hydrogen-bond donors (Lipinski definition) is 4. The van der Waals surface area contributed by atoms with Gasteiger partial charge in [-0.05, 0) is 32.6 Å². The molecule has 0 spiro atoms. The van der Waals surface area contributed by atoms with Gasteiger partial charge in [-0.15, -0.1) is 0 Å². The van der Waals surface area contributed by atoms with Gasteiger partial charge in [0.05, 0.1) is 12.5 Å². The molecule has 2 aliphatic heterocycles. The highest BCUT2D eigenvalue weighted by Gasteiger charge is 2.43. The minimum Gasteiger partial charge on any atom is -0.481 e. The van der Waals surface area contributed by atoms with Crippen molar-refractivity contribution in [3.8, 4) is 0 Å². The largest absolute Gasteiger partial charge is 0.481 e. The van der Waals surface area contributed by atoms with Gasteiger partial charge in [0.25, 0.3) is 0 Å². The van der Waals surface area contributed by atoms with Gasteiger partial charge in [0.15, 0.2) is 0 Å². The van der Waals surface area contributed by atoms with Gasteiger partial charge in [-0.2, -0.15) is 0 Å². The van der Waals surface area contributed by atoms with E-state index in [9.17, 15) is 29.1 Å². The van der Waals surface area contributed by atoms with Crippen molar-refractivity contribution >= 4 is 29.7 Å². The second-order valence-electron chi connectivity index (χ2n) is 7.15. The number of nitrogens with two attached hydrogens (primary N) is 1. The molecule has 0 aromatic rings. The number of nitrogens with one attached hydrogen (secondary N) is 1. The highest BCUT2D eigenvalue weighted by molar-refractivity contribution is 5.95. The molecule has 156 valence electrons. The molecule has 5 N–H and O–H groups in total. The zero-order chi connectivity index (χ0) is 21.0. The van der Waals surface area contributed by atoms with Gasteiger partial charge in [-0.25, -0.2) is 4.79 Å². The number of carbonyl (C=O) groups is 5. The van der Waals surface area contributed by atoms with E-state index in [1.54, 1.807) is 0 Å². The summed E-state index contributed by atoms with van der Waals surface area (Å²) >= 11 is 0. The second kappa shape index (κ2) is 9.00. The lowest BCUT2D eigenvalue weighted by molar-refractivity contribution is -0.152. The lowest BCUT2D eigenvalue weighted by atomic mass is 10.1. The summed E-state index contributed by atoms with van der Waals surface area (Å²) in [4.78, 5) is 62.2. The molecule has 2 rings (SSSR count). The summed E-state index contributed by atoms with van der Waals surface area (Å²) < 4.78 is 0. The smallest absolute Gasteiger partial charge is 0.326 e. The van der Waals surface area contributed by atoms with Crippen LogP contribution in [0.5, 0.6) is 0 Å². The molecule has 0 bridgehead atoms. The van der Waals surface area contributed by atoms with Crippen molar-refractivity contribution in [3.05, 3.63) is 0 Å². The van der Waals surface area contributed by atoms with Crippen LogP contribution in [0.3, 0.4) is 0 Å². The molecule has 4 unspecified atom stereocenters. The van der Waals surface area contributed by atoms with Crippen molar-refractivity contribution in [2.24, 2.45) is 5.73 Å². The van der Waals surface area contributed by atoms with E-state index in [1.165, 1.54) is 16.7 Å². The average molecular weight is 398 g/mol. The SMILES string of the molecule is CC(NC(=O)C(N)CC(=O)O)C(=O)N1CCCC1C(=O)N1CCCC1C(=O)O. The molecule has 3 amide bonds. The van der Waals surface area contributed by atoms with Crippen molar-refractivity contribution in [3.63, 3.8) is 0 Å². The first-order valence-corrected chi connectivity index (χ1v) is 9.25. The van der Waals surface area contributed by atoms with Crippen LogP contribution in [0.1, 0.15) is 39.0 Å². The van der Waals surface area contributed by atoms with E-state index in [0.29, 0.717) is 38.8 Å². The van der Waals surface area contributed by atoms with Crippen LogP contribution < -0.4 is 11.1 Å². The van der Waals surface area contributed by atoms with Crippen LogP contribution in [0.2, 0.25) is 0 Å². The number of carboxylic acids is 2. The maximum Gasteiger partial charge on any atom is 0.326 e. The van der Waals surface area contributed by atoms with E-state index in [1.807, 2.05) is 0 Å². The summed E-state index contributed by atoms with van der Waals surface area (Å²) in [6.45, 7) is 2.09. The maximum atomic E-state index is 12.8. The molecule has 0 aliphatic carbocycles. The number of carbonyl (C=O) groups excluding carboxylic acids is 3. The molecule has 0 saturated carbocycles. The first kappa shape index (κ1) is 21.6. The average Bonchev–Trinajstić information content (AvgIpc) is 3.29. The third-order valence-corrected chi connectivity index (χ3v) is 5.10. The van der Waals surface area contributed by atoms with Crippen LogP contribution in [0.4, 0.5) is 0 Å². The number of amides is 3. The highest BCUT2D eigenvalue weighted by Crippen LogP contribution is 2.25. The van der Waals surface area contributed by atoms with Crippen molar-refractivity contribution < 1.29 is 34.2 Å². The summed E-state index contributed by atoms with van der Waals surface area (Å²) in [5, 5.41) is 20.3.